The first kappa shape index (κ1) is 15.8. The monoisotopic (exact) mass is 316 g/mol. The Labute approximate surface area is 136 Å². The van der Waals surface area contributed by atoms with Gasteiger partial charge in [0.2, 0.25) is 5.91 Å². The molecule has 23 heavy (non-hydrogen) atoms. The molecule has 1 aliphatic heterocycles. The lowest BCUT2D eigenvalue weighted by Crippen LogP contribution is -2.42. The summed E-state index contributed by atoms with van der Waals surface area (Å²) in [5.41, 5.74) is 1.73. The minimum Gasteiger partial charge on any atom is -0.361 e. The zero-order chi connectivity index (χ0) is 16.6. The van der Waals surface area contributed by atoms with Gasteiger partial charge in [0.15, 0.2) is 0 Å². The van der Waals surface area contributed by atoms with Crippen LogP contribution in [0.15, 0.2) is 16.9 Å². The van der Waals surface area contributed by atoms with Gasteiger partial charge in [-0.1, -0.05) is 5.16 Å². The summed E-state index contributed by atoms with van der Waals surface area (Å²) >= 11 is 0. The smallest absolute Gasteiger partial charge is 0.230 e. The Hall–Kier alpha value is -2.11. The summed E-state index contributed by atoms with van der Waals surface area (Å²) in [6.45, 7) is 9.27. The van der Waals surface area contributed by atoms with Crippen molar-refractivity contribution in [2.75, 3.05) is 13.1 Å². The third-order valence-electron chi connectivity index (χ3n) is 4.86. The van der Waals surface area contributed by atoms with Crippen molar-refractivity contribution >= 4 is 5.91 Å². The molecule has 0 bridgehead atoms. The molecule has 0 aliphatic carbocycles. The normalized spacial score (nSPS) is 19.8. The van der Waals surface area contributed by atoms with Crippen LogP contribution in [0.2, 0.25) is 0 Å². The van der Waals surface area contributed by atoms with Crippen LogP contribution in [0.1, 0.15) is 54.6 Å². The molecule has 1 saturated heterocycles. The summed E-state index contributed by atoms with van der Waals surface area (Å²) in [6.07, 6.45) is 5.93. The van der Waals surface area contributed by atoms with Crippen LogP contribution in [-0.2, 0) is 4.79 Å². The van der Waals surface area contributed by atoms with E-state index in [1.54, 1.807) is 0 Å². The van der Waals surface area contributed by atoms with Crippen molar-refractivity contribution in [1.29, 1.82) is 0 Å². The van der Waals surface area contributed by atoms with E-state index in [1.165, 1.54) is 0 Å². The molecule has 0 aromatic carbocycles. The second-order valence-corrected chi connectivity index (χ2v) is 6.42. The van der Waals surface area contributed by atoms with E-state index >= 15 is 0 Å². The number of aryl methyl sites for hydroxylation is 3. The highest BCUT2D eigenvalue weighted by Gasteiger charge is 2.31. The number of hydrogen-bond acceptors (Lipinski definition) is 4. The van der Waals surface area contributed by atoms with Crippen molar-refractivity contribution in [2.24, 2.45) is 0 Å². The van der Waals surface area contributed by atoms with E-state index in [0.717, 1.165) is 48.8 Å². The summed E-state index contributed by atoms with van der Waals surface area (Å²) in [6, 6.07) is 0.312. The fourth-order valence-corrected chi connectivity index (χ4v) is 3.66. The summed E-state index contributed by atoms with van der Waals surface area (Å²) in [4.78, 5) is 19.2. The quantitative estimate of drug-likeness (QED) is 0.873. The molecular formula is C17H24N4O2. The third-order valence-corrected chi connectivity index (χ3v) is 4.86. The van der Waals surface area contributed by atoms with Crippen molar-refractivity contribution in [3.05, 3.63) is 35.2 Å². The van der Waals surface area contributed by atoms with Crippen molar-refractivity contribution in [3.8, 4) is 0 Å². The van der Waals surface area contributed by atoms with E-state index < -0.39 is 0 Å². The van der Waals surface area contributed by atoms with Crippen LogP contribution >= 0.6 is 0 Å². The number of carbonyl (C=O) groups excluding carboxylic acids is 1. The van der Waals surface area contributed by atoms with Gasteiger partial charge >= 0.3 is 0 Å². The highest BCUT2D eigenvalue weighted by atomic mass is 16.5. The first-order valence-corrected chi connectivity index (χ1v) is 8.20. The predicted molar refractivity (Wildman–Crippen MR) is 86.2 cm³/mol. The average molecular weight is 316 g/mol. The fourth-order valence-electron chi connectivity index (χ4n) is 3.66. The molecule has 3 rings (SSSR count). The van der Waals surface area contributed by atoms with Crippen LogP contribution in [0.4, 0.5) is 0 Å². The first-order valence-electron chi connectivity index (χ1n) is 8.20. The molecular weight excluding hydrogens is 292 g/mol. The van der Waals surface area contributed by atoms with Gasteiger partial charge in [0.1, 0.15) is 11.6 Å². The lowest BCUT2D eigenvalue weighted by atomic mass is 9.96. The van der Waals surface area contributed by atoms with Gasteiger partial charge in [0.05, 0.1) is 17.7 Å². The Bertz CT molecular complexity index is 684. The van der Waals surface area contributed by atoms with Gasteiger partial charge in [0.25, 0.3) is 0 Å². The van der Waals surface area contributed by atoms with Gasteiger partial charge in [-0.25, -0.2) is 4.98 Å². The van der Waals surface area contributed by atoms with Crippen LogP contribution in [0, 0.1) is 20.8 Å². The molecule has 2 aromatic heterocycles. The molecule has 0 radical (unpaired) electrons. The van der Waals surface area contributed by atoms with E-state index in [-0.39, 0.29) is 11.8 Å². The number of carbonyl (C=O) groups is 1. The molecule has 2 aromatic rings. The fraction of sp³-hybridized carbons (Fsp3) is 0.588. The SMILES string of the molecule is Cc1noc(C)c1[C@H](C)C(=O)N1CCC[C@H](n2ccnc2C)C1. The molecule has 1 fully saturated rings. The number of likely N-dealkylation sites (tertiary alicyclic amines) is 1. The summed E-state index contributed by atoms with van der Waals surface area (Å²) in [5, 5.41) is 3.97. The Morgan fingerprint density at radius 2 is 2.17 bits per heavy atom. The van der Waals surface area contributed by atoms with Crippen molar-refractivity contribution < 1.29 is 9.32 Å². The van der Waals surface area contributed by atoms with Gasteiger partial charge in [0, 0.05) is 31.0 Å². The third kappa shape index (κ3) is 2.90. The number of aromatic nitrogens is 3. The van der Waals surface area contributed by atoms with Gasteiger partial charge in [-0.05, 0) is 40.5 Å². The minimum absolute atomic E-state index is 0.155. The van der Waals surface area contributed by atoms with E-state index in [0.29, 0.717) is 6.04 Å². The Morgan fingerprint density at radius 1 is 1.39 bits per heavy atom. The number of hydrogen-bond donors (Lipinski definition) is 0. The van der Waals surface area contributed by atoms with Crippen molar-refractivity contribution in [3.63, 3.8) is 0 Å². The highest BCUT2D eigenvalue weighted by Crippen LogP contribution is 2.28. The molecule has 3 heterocycles. The number of imidazole rings is 1. The van der Waals surface area contributed by atoms with Crippen LogP contribution in [0.3, 0.4) is 0 Å². The molecule has 0 spiro atoms. The number of nitrogens with zero attached hydrogens (tertiary/aromatic N) is 4. The lowest BCUT2D eigenvalue weighted by molar-refractivity contribution is -0.134. The van der Waals surface area contributed by atoms with Gasteiger partial charge in [-0.15, -0.1) is 0 Å². The van der Waals surface area contributed by atoms with Crippen LogP contribution in [0.5, 0.6) is 0 Å². The summed E-state index contributed by atoms with van der Waals surface area (Å²) in [5.74, 6) is 1.68. The second-order valence-electron chi connectivity index (χ2n) is 6.42. The highest BCUT2D eigenvalue weighted by molar-refractivity contribution is 5.84. The minimum atomic E-state index is -0.219. The Morgan fingerprint density at radius 3 is 2.78 bits per heavy atom. The van der Waals surface area contributed by atoms with Gasteiger partial charge in [-0.3, -0.25) is 4.79 Å². The molecule has 6 nitrogen and oxygen atoms in total. The second kappa shape index (κ2) is 6.18. The van der Waals surface area contributed by atoms with E-state index in [4.69, 9.17) is 4.52 Å². The van der Waals surface area contributed by atoms with Crippen molar-refractivity contribution in [2.45, 2.75) is 52.5 Å². The van der Waals surface area contributed by atoms with E-state index in [1.807, 2.05) is 45.0 Å². The maximum absolute atomic E-state index is 12.9. The summed E-state index contributed by atoms with van der Waals surface area (Å²) in [7, 11) is 0. The Kier molecular flexibility index (Phi) is 4.24. The van der Waals surface area contributed by atoms with Gasteiger partial charge in [-0.2, -0.15) is 0 Å². The molecule has 124 valence electrons. The topological polar surface area (TPSA) is 64.2 Å². The molecule has 0 unspecified atom stereocenters. The van der Waals surface area contributed by atoms with Crippen LogP contribution < -0.4 is 0 Å². The summed E-state index contributed by atoms with van der Waals surface area (Å²) < 4.78 is 7.40. The number of amides is 1. The van der Waals surface area contributed by atoms with Crippen LogP contribution in [-0.4, -0.2) is 38.6 Å². The maximum atomic E-state index is 12.9. The van der Waals surface area contributed by atoms with Gasteiger partial charge < -0.3 is 14.0 Å². The average Bonchev–Trinajstić information content (AvgIpc) is 3.12. The molecule has 2 atom stereocenters. The standard InChI is InChI=1S/C17H24N4O2/c1-11(16-12(2)19-23-13(16)3)17(22)20-8-5-6-15(10-20)21-9-7-18-14(21)4/h7,9,11,15H,5-6,8,10H2,1-4H3/t11-,15-/m0/s1. The predicted octanol–water partition coefficient (Wildman–Crippen LogP) is 2.76. The van der Waals surface area contributed by atoms with Crippen molar-refractivity contribution in [1.82, 2.24) is 19.6 Å². The lowest BCUT2D eigenvalue weighted by Gasteiger charge is -2.35. The molecule has 0 saturated carbocycles. The Balaban J connectivity index is 1.76. The largest absolute Gasteiger partial charge is 0.361 e. The first-order chi connectivity index (χ1) is 11.0. The van der Waals surface area contributed by atoms with Crippen LogP contribution in [0.25, 0.3) is 0 Å². The molecule has 0 N–H and O–H groups in total. The zero-order valence-electron chi connectivity index (χ0n) is 14.2. The zero-order valence-corrected chi connectivity index (χ0v) is 14.2. The van der Waals surface area contributed by atoms with E-state index in [2.05, 4.69) is 14.7 Å². The number of piperidine rings is 1. The molecule has 1 amide bonds. The maximum Gasteiger partial charge on any atom is 0.230 e. The number of rotatable bonds is 3. The molecule has 1 aliphatic rings. The molecule has 6 heteroatoms. The van der Waals surface area contributed by atoms with E-state index in [9.17, 15) is 4.79 Å².